The molecule has 0 unspecified atom stereocenters. The third kappa shape index (κ3) is 2.42. The van der Waals surface area contributed by atoms with Gasteiger partial charge in [-0.25, -0.2) is 4.99 Å². The van der Waals surface area contributed by atoms with Gasteiger partial charge in [-0.05, 0) is 24.3 Å². The molecule has 3 rings (SSSR count). The molecule has 0 saturated heterocycles. The molecule has 0 aromatic heterocycles. The largest absolute Gasteiger partial charge is 0.381 e. The Kier molecular flexibility index (Phi) is 3.47. The first-order valence-electron chi connectivity index (χ1n) is 6.04. The van der Waals surface area contributed by atoms with Gasteiger partial charge in [0, 0.05) is 39.6 Å². The molecule has 0 fully saturated rings. The number of nitrogens with zero attached hydrogens (tertiary/aromatic N) is 1. The molecule has 0 atom stereocenters. The van der Waals surface area contributed by atoms with Crippen LogP contribution in [0.25, 0.3) is 0 Å². The Bertz CT molecular complexity index is 706. The van der Waals surface area contributed by atoms with Crippen LogP contribution in [0.4, 0.5) is 5.69 Å². The number of amides is 1. The highest BCUT2D eigenvalue weighted by atomic mass is 35.5. The minimum absolute atomic E-state index is 0.209. The average Bonchev–Trinajstić information content (AvgIpc) is 2.80. The standard InChI is InChI=1S/C15H10Cl2N2O/c16-13-2-1-3-14(17)12(13)8-18-10-5-4-9-7-19-15(20)11(9)6-10/h1-7,18H,8H2. The van der Waals surface area contributed by atoms with Gasteiger partial charge in [0.05, 0.1) is 5.56 Å². The minimum atomic E-state index is -0.209. The van der Waals surface area contributed by atoms with Gasteiger partial charge >= 0.3 is 0 Å². The van der Waals surface area contributed by atoms with Crippen LogP contribution in [0.2, 0.25) is 10.0 Å². The molecule has 100 valence electrons. The number of anilines is 1. The Hall–Kier alpha value is -1.84. The van der Waals surface area contributed by atoms with E-state index in [4.69, 9.17) is 23.2 Å². The number of nitrogens with one attached hydrogen (secondary N) is 1. The van der Waals surface area contributed by atoms with Crippen LogP contribution in [0.5, 0.6) is 0 Å². The summed E-state index contributed by atoms with van der Waals surface area (Å²) in [5.41, 5.74) is 3.12. The van der Waals surface area contributed by atoms with Gasteiger partial charge < -0.3 is 5.32 Å². The van der Waals surface area contributed by atoms with Crippen molar-refractivity contribution in [3.63, 3.8) is 0 Å². The first kappa shape index (κ1) is 13.2. The van der Waals surface area contributed by atoms with Gasteiger partial charge in [-0.15, -0.1) is 0 Å². The van der Waals surface area contributed by atoms with Crippen LogP contribution in [0.3, 0.4) is 0 Å². The normalized spacial score (nSPS) is 12.6. The first-order chi connectivity index (χ1) is 9.65. The van der Waals surface area contributed by atoms with Crippen molar-refractivity contribution in [2.24, 2.45) is 4.99 Å². The fourth-order valence-corrected chi connectivity index (χ4v) is 2.58. The van der Waals surface area contributed by atoms with E-state index >= 15 is 0 Å². The lowest BCUT2D eigenvalue weighted by Crippen LogP contribution is -2.02. The predicted molar refractivity (Wildman–Crippen MR) is 82.2 cm³/mol. The molecule has 1 heterocycles. The van der Waals surface area contributed by atoms with Crippen molar-refractivity contribution in [2.45, 2.75) is 6.54 Å². The highest BCUT2D eigenvalue weighted by Crippen LogP contribution is 2.26. The zero-order chi connectivity index (χ0) is 14.1. The number of hydrogen-bond acceptors (Lipinski definition) is 2. The summed E-state index contributed by atoms with van der Waals surface area (Å²) in [7, 11) is 0. The summed E-state index contributed by atoms with van der Waals surface area (Å²) in [6, 6.07) is 10.9. The lowest BCUT2D eigenvalue weighted by atomic mass is 10.1. The predicted octanol–water partition coefficient (Wildman–Crippen LogP) is 4.18. The van der Waals surface area contributed by atoms with Crippen molar-refractivity contribution in [1.29, 1.82) is 0 Å². The summed E-state index contributed by atoms with van der Waals surface area (Å²) in [6.07, 6.45) is 1.58. The zero-order valence-corrected chi connectivity index (χ0v) is 11.9. The zero-order valence-electron chi connectivity index (χ0n) is 10.4. The van der Waals surface area contributed by atoms with Crippen LogP contribution in [-0.4, -0.2) is 12.1 Å². The van der Waals surface area contributed by atoms with E-state index in [2.05, 4.69) is 10.3 Å². The van der Waals surface area contributed by atoms with E-state index in [1.807, 2.05) is 12.1 Å². The molecule has 1 amide bonds. The Labute approximate surface area is 126 Å². The molecule has 1 aliphatic rings. The Balaban J connectivity index is 1.80. The summed E-state index contributed by atoms with van der Waals surface area (Å²) in [4.78, 5) is 15.3. The first-order valence-corrected chi connectivity index (χ1v) is 6.80. The van der Waals surface area contributed by atoms with Gasteiger partial charge in [-0.2, -0.15) is 0 Å². The SMILES string of the molecule is O=C1N=Cc2ccc(NCc3c(Cl)cccc3Cl)cc21. The molecule has 0 radical (unpaired) electrons. The van der Waals surface area contributed by atoms with E-state index in [1.54, 1.807) is 30.5 Å². The molecule has 1 N–H and O–H groups in total. The third-order valence-corrected chi connectivity index (χ3v) is 3.84. The Morgan fingerprint density at radius 3 is 2.60 bits per heavy atom. The van der Waals surface area contributed by atoms with Gasteiger partial charge in [0.1, 0.15) is 0 Å². The summed E-state index contributed by atoms with van der Waals surface area (Å²) < 4.78 is 0. The van der Waals surface area contributed by atoms with E-state index in [9.17, 15) is 4.79 Å². The van der Waals surface area contributed by atoms with E-state index in [1.165, 1.54) is 0 Å². The number of benzene rings is 2. The van der Waals surface area contributed by atoms with Crippen molar-refractivity contribution in [3.05, 3.63) is 63.1 Å². The molecule has 2 aromatic rings. The van der Waals surface area contributed by atoms with Crippen molar-refractivity contribution in [3.8, 4) is 0 Å². The summed E-state index contributed by atoms with van der Waals surface area (Å²) in [5, 5.41) is 4.45. The highest BCUT2D eigenvalue weighted by molar-refractivity contribution is 6.36. The van der Waals surface area contributed by atoms with E-state index < -0.39 is 0 Å². The van der Waals surface area contributed by atoms with Gasteiger partial charge in [-0.1, -0.05) is 35.3 Å². The van der Waals surface area contributed by atoms with E-state index in [0.29, 0.717) is 22.2 Å². The maximum Gasteiger partial charge on any atom is 0.277 e. The lowest BCUT2D eigenvalue weighted by molar-refractivity contribution is 0.101. The summed E-state index contributed by atoms with van der Waals surface area (Å²) in [5.74, 6) is -0.209. The summed E-state index contributed by atoms with van der Waals surface area (Å²) in [6.45, 7) is 0.492. The molecule has 20 heavy (non-hydrogen) atoms. The fraction of sp³-hybridized carbons (Fsp3) is 0.0667. The fourth-order valence-electron chi connectivity index (χ4n) is 2.05. The maximum absolute atomic E-state index is 11.5. The van der Waals surface area contributed by atoms with Gasteiger partial charge in [0.25, 0.3) is 5.91 Å². The molecule has 1 aliphatic heterocycles. The second kappa shape index (κ2) is 5.27. The van der Waals surface area contributed by atoms with Crippen LogP contribution < -0.4 is 5.32 Å². The average molecular weight is 305 g/mol. The topological polar surface area (TPSA) is 41.5 Å². The highest BCUT2D eigenvalue weighted by Gasteiger charge is 2.15. The van der Waals surface area contributed by atoms with Gasteiger partial charge in [0.2, 0.25) is 0 Å². The number of rotatable bonds is 3. The molecule has 0 bridgehead atoms. The minimum Gasteiger partial charge on any atom is -0.381 e. The van der Waals surface area contributed by atoms with Crippen LogP contribution in [-0.2, 0) is 6.54 Å². The van der Waals surface area contributed by atoms with Crippen LogP contribution in [0.1, 0.15) is 21.5 Å². The van der Waals surface area contributed by atoms with Crippen LogP contribution >= 0.6 is 23.2 Å². The van der Waals surface area contributed by atoms with Crippen molar-refractivity contribution >= 4 is 41.0 Å². The molecule has 3 nitrogen and oxygen atoms in total. The molecule has 2 aromatic carbocycles. The van der Waals surface area contributed by atoms with E-state index in [-0.39, 0.29) is 5.91 Å². The number of aliphatic imine (C=N–C) groups is 1. The van der Waals surface area contributed by atoms with Crippen molar-refractivity contribution in [2.75, 3.05) is 5.32 Å². The molecule has 0 spiro atoms. The van der Waals surface area contributed by atoms with Crippen LogP contribution in [0.15, 0.2) is 41.4 Å². The van der Waals surface area contributed by atoms with Gasteiger partial charge in [-0.3, -0.25) is 4.79 Å². The monoisotopic (exact) mass is 304 g/mol. The maximum atomic E-state index is 11.5. The number of carbonyl (C=O) groups is 1. The summed E-state index contributed by atoms with van der Waals surface area (Å²) >= 11 is 12.2. The molecule has 0 aliphatic carbocycles. The smallest absolute Gasteiger partial charge is 0.277 e. The van der Waals surface area contributed by atoms with Crippen molar-refractivity contribution in [1.82, 2.24) is 0 Å². The number of hydrogen-bond donors (Lipinski definition) is 1. The number of carbonyl (C=O) groups excluding carboxylic acids is 1. The van der Waals surface area contributed by atoms with E-state index in [0.717, 1.165) is 16.8 Å². The molecule has 5 heteroatoms. The Morgan fingerprint density at radius 2 is 1.85 bits per heavy atom. The third-order valence-electron chi connectivity index (χ3n) is 3.14. The number of fused-ring (bicyclic) bond motifs is 1. The molecule has 0 saturated carbocycles. The van der Waals surface area contributed by atoms with Gasteiger partial charge in [0.15, 0.2) is 0 Å². The quantitative estimate of drug-likeness (QED) is 0.924. The second-order valence-electron chi connectivity index (χ2n) is 4.42. The Morgan fingerprint density at radius 1 is 1.10 bits per heavy atom. The number of halogens is 2. The molecular weight excluding hydrogens is 295 g/mol. The second-order valence-corrected chi connectivity index (χ2v) is 5.23. The van der Waals surface area contributed by atoms with Crippen molar-refractivity contribution < 1.29 is 4.79 Å². The van der Waals surface area contributed by atoms with Crippen LogP contribution in [0, 0.1) is 0 Å². The lowest BCUT2D eigenvalue weighted by Gasteiger charge is -2.10. The molecular formula is C15H10Cl2N2O.